The van der Waals surface area contributed by atoms with Crippen LogP contribution in [0.15, 0.2) is 103 Å². The van der Waals surface area contributed by atoms with Crippen LogP contribution in [-0.4, -0.2) is 31.6 Å². The zero-order valence-electron chi connectivity index (χ0n) is 21.7. The number of hydrogen-bond acceptors (Lipinski definition) is 2. The molecule has 0 aliphatic carbocycles. The third-order valence-electron chi connectivity index (χ3n) is 6.59. The van der Waals surface area contributed by atoms with Crippen molar-refractivity contribution in [1.82, 2.24) is 10.2 Å². The molecule has 0 atom stereocenters. The number of hydrogen-bond donors (Lipinski definition) is 0. The Kier molecular flexibility index (Phi) is 9.90. The van der Waals surface area contributed by atoms with Crippen molar-refractivity contribution in [3.05, 3.63) is 130 Å². The Hall–Kier alpha value is -3.48. The first-order chi connectivity index (χ1) is 18.8. The first kappa shape index (κ1) is 28.5. The third kappa shape index (κ3) is 8.01. The lowest BCUT2D eigenvalue weighted by Crippen LogP contribution is -2.31. The average Bonchev–Trinajstić information content (AvgIpc) is 2.95. The first-order valence-electron chi connectivity index (χ1n) is 12.8. The second-order valence-corrected chi connectivity index (χ2v) is 9.69. The van der Waals surface area contributed by atoms with Crippen LogP contribution in [0.5, 0.6) is 5.75 Å². The molecule has 7 heteroatoms. The molecule has 1 radical (unpaired) electrons. The standard InChI is InChI=1S/C32H31ClF3N2O/c1-37-27-16-9-17-28(21-27)39-20-10-19-38(22-26-15-8-18-30(31(26)33)32(34,35)36)23-29(24-11-4-2-5-12-24)25-13-6-3-7-14-25/h2-9,11-18,21,29H,10,19-20,22-23H2,1H3. The Bertz CT molecular complexity index is 1280. The molecule has 0 heterocycles. The van der Waals surface area contributed by atoms with Gasteiger partial charge in [0.25, 0.3) is 0 Å². The highest BCUT2D eigenvalue weighted by molar-refractivity contribution is 6.32. The molecule has 0 spiro atoms. The van der Waals surface area contributed by atoms with Gasteiger partial charge in [-0.15, -0.1) is 0 Å². The fourth-order valence-electron chi connectivity index (χ4n) is 4.62. The lowest BCUT2D eigenvalue weighted by molar-refractivity contribution is -0.137. The van der Waals surface area contributed by atoms with Crippen molar-refractivity contribution in [2.75, 3.05) is 26.7 Å². The van der Waals surface area contributed by atoms with Gasteiger partial charge in [-0.1, -0.05) is 90.5 Å². The number of benzene rings is 4. The van der Waals surface area contributed by atoms with E-state index in [1.165, 1.54) is 6.07 Å². The molecule has 0 bridgehead atoms. The summed E-state index contributed by atoms with van der Waals surface area (Å²) >= 11 is 6.30. The van der Waals surface area contributed by atoms with Gasteiger partial charge in [-0.2, -0.15) is 13.2 Å². The predicted octanol–water partition coefficient (Wildman–Crippen LogP) is 8.33. The summed E-state index contributed by atoms with van der Waals surface area (Å²) in [4.78, 5) is 2.16. The van der Waals surface area contributed by atoms with Crippen molar-refractivity contribution < 1.29 is 17.9 Å². The van der Waals surface area contributed by atoms with E-state index >= 15 is 0 Å². The van der Waals surface area contributed by atoms with Gasteiger partial charge >= 0.3 is 6.18 Å². The van der Waals surface area contributed by atoms with Gasteiger partial charge in [-0.05, 0) is 41.3 Å². The van der Waals surface area contributed by atoms with E-state index in [0.717, 1.165) is 28.6 Å². The summed E-state index contributed by atoms with van der Waals surface area (Å²) in [7, 11) is 1.73. The Balaban J connectivity index is 1.56. The van der Waals surface area contributed by atoms with Gasteiger partial charge in [0.05, 0.1) is 22.9 Å². The maximum atomic E-state index is 13.6. The van der Waals surface area contributed by atoms with Crippen LogP contribution in [0.3, 0.4) is 0 Å². The second-order valence-electron chi connectivity index (χ2n) is 9.31. The maximum absolute atomic E-state index is 13.6. The molecular formula is C32H31ClF3N2O. The maximum Gasteiger partial charge on any atom is 0.417 e. The minimum absolute atomic E-state index is 0.0285. The summed E-state index contributed by atoms with van der Waals surface area (Å²) in [5.74, 6) is 0.762. The van der Waals surface area contributed by atoms with E-state index in [2.05, 4.69) is 34.5 Å². The molecule has 0 saturated carbocycles. The molecule has 39 heavy (non-hydrogen) atoms. The van der Waals surface area contributed by atoms with E-state index in [4.69, 9.17) is 16.3 Å². The normalized spacial score (nSPS) is 11.7. The number of rotatable bonds is 12. The van der Waals surface area contributed by atoms with Crippen LogP contribution in [-0.2, 0) is 12.7 Å². The largest absolute Gasteiger partial charge is 0.493 e. The van der Waals surface area contributed by atoms with Crippen molar-refractivity contribution in [2.45, 2.75) is 25.1 Å². The molecule has 0 unspecified atom stereocenters. The average molecular weight is 552 g/mol. The highest BCUT2D eigenvalue weighted by Crippen LogP contribution is 2.37. The van der Waals surface area contributed by atoms with Crippen molar-refractivity contribution in [2.24, 2.45) is 0 Å². The third-order valence-corrected chi connectivity index (χ3v) is 7.03. The monoisotopic (exact) mass is 551 g/mol. The van der Waals surface area contributed by atoms with Crippen LogP contribution in [0.25, 0.3) is 0 Å². The van der Waals surface area contributed by atoms with Crippen molar-refractivity contribution in [3.63, 3.8) is 0 Å². The van der Waals surface area contributed by atoms with E-state index in [1.54, 1.807) is 13.1 Å². The van der Waals surface area contributed by atoms with Crippen molar-refractivity contribution in [3.8, 4) is 5.75 Å². The Labute approximate surface area is 233 Å². The van der Waals surface area contributed by atoms with E-state index in [9.17, 15) is 13.2 Å². The molecule has 0 amide bonds. The molecule has 0 saturated heterocycles. The molecule has 0 aromatic heterocycles. The van der Waals surface area contributed by atoms with Crippen molar-refractivity contribution in [1.29, 1.82) is 0 Å². The van der Waals surface area contributed by atoms with E-state index in [1.807, 2.05) is 60.7 Å². The zero-order chi connectivity index (χ0) is 27.7. The molecule has 3 nitrogen and oxygen atoms in total. The predicted molar refractivity (Wildman–Crippen MR) is 151 cm³/mol. The summed E-state index contributed by atoms with van der Waals surface area (Å²) in [6, 6.07) is 32.0. The molecule has 203 valence electrons. The lowest BCUT2D eigenvalue weighted by atomic mass is 9.90. The van der Waals surface area contributed by atoms with Gasteiger partial charge in [-0.3, -0.25) is 10.2 Å². The quantitative estimate of drug-likeness (QED) is 0.165. The van der Waals surface area contributed by atoms with Gasteiger partial charge in [0.15, 0.2) is 0 Å². The SMILES string of the molecule is C[N]c1cccc(OCCCN(Cc2cccc(C(F)(F)F)c2Cl)CC(c2ccccc2)c2ccccc2)c1. The van der Waals surface area contributed by atoms with Crippen molar-refractivity contribution >= 4 is 17.3 Å². The molecule has 4 aromatic rings. The Morgan fingerprint density at radius 2 is 1.49 bits per heavy atom. The summed E-state index contributed by atoms with van der Waals surface area (Å²) in [6.45, 7) is 1.95. The van der Waals surface area contributed by atoms with E-state index < -0.39 is 11.7 Å². The summed E-state index contributed by atoms with van der Waals surface area (Å²) in [6.07, 6.45) is -3.83. The van der Waals surface area contributed by atoms with Crippen LogP contribution in [0.2, 0.25) is 5.02 Å². The topological polar surface area (TPSA) is 26.6 Å². The zero-order valence-corrected chi connectivity index (χ0v) is 22.5. The molecule has 0 aliphatic rings. The van der Waals surface area contributed by atoms with Crippen LogP contribution in [0.4, 0.5) is 18.9 Å². The second kappa shape index (κ2) is 13.5. The Morgan fingerprint density at radius 1 is 0.846 bits per heavy atom. The first-order valence-corrected chi connectivity index (χ1v) is 13.2. The molecule has 0 N–H and O–H groups in total. The summed E-state index contributed by atoms with van der Waals surface area (Å²) in [5.41, 5.74) is 2.75. The van der Waals surface area contributed by atoms with Gasteiger partial charge in [0, 0.05) is 38.7 Å². The van der Waals surface area contributed by atoms with Crippen LogP contribution in [0, 0.1) is 0 Å². The highest BCUT2D eigenvalue weighted by atomic mass is 35.5. The molecule has 4 aromatic carbocycles. The lowest BCUT2D eigenvalue weighted by Gasteiger charge is -2.29. The fraction of sp³-hybridized carbons (Fsp3) is 0.250. The van der Waals surface area contributed by atoms with Gasteiger partial charge in [0.1, 0.15) is 5.75 Å². The molecule has 0 aliphatic heterocycles. The number of nitrogens with zero attached hydrogens (tertiary/aromatic N) is 2. The van der Waals surface area contributed by atoms with E-state index in [-0.39, 0.29) is 17.5 Å². The number of alkyl halides is 3. The van der Waals surface area contributed by atoms with Crippen LogP contribution >= 0.6 is 11.6 Å². The number of halogens is 4. The summed E-state index contributed by atoms with van der Waals surface area (Å²) < 4.78 is 46.6. The van der Waals surface area contributed by atoms with Gasteiger partial charge < -0.3 is 4.74 Å². The molecule has 0 fully saturated rings. The molecule has 4 rings (SSSR count). The van der Waals surface area contributed by atoms with Gasteiger partial charge in [-0.25, -0.2) is 0 Å². The summed E-state index contributed by atoms with van der Waals surface area (Å²) in [5, 5.41) is 3.93. The molecular weight excluding hydrogens is 521 g/mol. The smallest absolute Gasteiger partial charge is 0.417 e. The minimum Gasteiger partial charge on any atom is -0.493 e. The van der Waals surface area contributed by atoms with E-state index in [0.29, 0.717) is 31.7 Å². The van der Waals surface area contributed by atoms with Gasteiger partial charge in [0.2, 0.25) is 0 Å². The minimum atomic E-state index is -4.51. The van der Waals surface area contributed by atoms with Crippen LogP contribution < -0.4 is 10.1 Å². The fourth-order valence-corrected chi connectivity index (χ4v) is 4.91. The van der Waals surface area contributed by atoms with Crippen LogP contribution in [0.1, 0.15) is 34.6 Å². The number of ether oxygens (including phenoxy) is 1. The Morgan fingerprint density at radius 3 is 2.10 bits per heavy atom. The highest BCUT2D eigenvalue weighted by Gasteiger charge is 2.34.